The Morgan fingerprint density at radius 2 is 1.95 bits per heavy atom. The van der Waals surface area contributed by atoms with Crippen molar-refractivity contribution < 1.29 is 4.79 Å². The standard InChI is InChI=1S/C16H29N3O/c1-3-13(10-12-4-5-12)17-16(20)19-9-8-14-6-7-15(11-19)18(14)2/h12-15H,3-11H2,1-2H3,(H,17,20)/t13-,14+,15-/m0/s1. The van der Waals surface area contributed by atoms with Gasteiger partial charge in [0, 0.05) is 31.2 Å². The first-order valence-electron chi connectivity index (χ1n) is 8.44. The van der Waals surface area contributed by atoms with Gasteiger partial charge >= 0.3 is 6.03 Å². The van der Waals surface area contributed by atoms with Crippen LogP contribution in [0, 0.1) is 5.92 Å². The van der Waals surface area contributed by atoms with Crippen LogP contribution in [0.15, 0.2) is 0 Å². The molecule has 1 saturated carbocycles. The molecule has 4 nitrogen and oxygen atoms in total. The largest absolute Gasteiger partial charge is 0.335 e. The minimum atomic E-state index is 0.179. The molecule has 0 aromatic rings. The maximum Gasteiger partial charge on any atom is 0.317 e. The predicted octanol–water partition coefficient (Wildman–Crippen LogP) is 2.44. The number of likely N-dealkylation sites (N-methyl/N-ethyl adjacent to an activating group) is 1. The topological polar surface area (TPSA) is 35.6 Å². The van der Waals surface area contributed by atoms with E-state index in [0.29, 0.717) is 18.1 Å². The summed E-state index contributed by atoms with van der Waals surface area (Å²) in [5.41, 5.74) is 0. The van der Waals surface area contributed by atoms with Crippen LogP contribution < -0.4 is 5.32 Å². The lowest BCUT2D eigenvalue weighted by Gasteiger charge is -2.28. The predicted molar refractivity (Wildman–Crippen MR) is 80.7 cm³/mol. The third-order valence-corrected chi connectivity index (χ3v) is 5.57. The Morgan fingerprint density at radius 1 is 1.20 bits per heavy atom. The zero-order chi connectivity index (χ0) is 14.1. The van der Waals surface area contributed by atoms with E-state index in [1.54, 1.807) is 0 Å². The number of fused-ring (bicyclic) bond motifs is 2. The first-order chi connectivity index (χ1) is 9.67. The van der Waals surface area contributed by atoms with Gasteiger partial charge in [-0.25, -0.2) is 4.79 Å². The molecule has 2 amide bonds. The van der Waals surface area contributed by atoms with E-state index in [-0.39, 0.29) is 6.03 Å². The number of rotatable bonds is 4. The number of nitrogens with one attached hydrogen (secondary N) is 1. The molecule has 0 aromatic carbocycles. The van der Waals surface area contributed by atoms with E-state index in [1.807, 2.05) is 0 Å². The van der Waals surface area contributed by atoms with E-state index in [2.05, 4.69) is 29.1 Å². The van der Waals surface area contributed by atoms with Crippen molar-refractivity contribution in [1.82, 2.24) is 15.1 Å². The maximum absolute atomic E-state index is 12.5. The first kappa shape index (κ1) is 14.2. The second kappa shape index (κ2) is 5.92. The highest BCUT2D eigenvalue weighted by Crippen LogP contribution is 2.34. The minimum absolute atomic E-state index is 0.179. The van der Waals surface area contributed by atoms with Gasteiger partial charge in [0.2, 0.25) is 0 Å². The molecule has 2 heterocycles. The Kier molecular flexibility index (Phi) is 4.20. The number of carbonyl (C=O) groups is 1. The molecule has 2 bridgehead atoms. The highest BCUT2D eigenvalue weighted by Gasteiger charge is 2.36. The summed E-state index contributed by atoms with van der Waals surface area (Å²) in [4.78, 5) is 17.1. The Bertz CT molecular complexity index is 356. The van der Waals surface area contributed by atoms with Gasteiger partial charge in [0.05, 0.1) is 0 Å². The number of likely N-dealkylation sites (tertiary alicyclic amines) is 1. The molecule has 4 heteroatoms. The number of urea groups is 1. The van der Waals surface area contributed by atoms with Gasteiger partial charge in [-0.3, -0.25) is 4.90 Å². The van der Waals surface area contributed by atoms with Crippen LogP contribution in [0.25, 0.3) is 0 Å². The van der Waals surface area contributed by atoms with Crippen molar-refractivity contribution in [3.05, 3.63) is 0 Å². The van der Waals surface area contributed by atoms with Gasteiger partial charge in [0.15, 0.2) is 0 Å². The summed E-state index contributed by atoms with van der Waals surface area (Å²) >= 11 is 0. The van der Waals surface area contributed by atoms with Crippen molar-refractivity contribution in [3.63, 3.8) is 0 Å². The van der Waals surface area contributed by atoms with Crippen LogP contribution in [0.2, 0.25) is 0 Å². The molecule has 114 valence electrons. The van der Waals surface area contributed by atoms with Crippen molar-refractivity contribution >= 4 is 6.03 Å². The molecule has 2 aliphatic heterocycles. The third kappa shape index (κ3) is 3.11. The lowest BCUT2D eigenvalue weighted by Crippen LogP contribution is -2.48. The van der Waals surface area contributed by atoms with Crippen LogP contribution in [-0.4, -0.2) is 54.1 Å². The molecule has 20 heavy (non-hydrogen) atoms. The molecule has 0 aromatic heterocycles. The van der Waals surface area contributed by atoms with E-state index < -0.39 is 0 Å². The average molecular weight is 279 g/mol. The van der Waals surface area contributed by atoms with E-state index in [0.717, 1.165) is 31.8 Å². The van der Waals surface area contributed by atoms with Crippen LogP contribution in [-0.2, 0) is 0 Å². The maximum atomic E-state index is 12.5. The molecule has 3 atom stereocenters. The van der Waals surface area contributed by atoms with E-state index in [4.69, 9.17) is 0 Å². The number of amides is 2. The summed E-state index contributed by atoms with van der Waals surface area (Å²) in [5, 5.41) is 3.28. The van der Waals surface area contributed by atoms with E-state index in [9.17, 15) is 4.79 Å². The Hall–Kier alpha value is -0.770. The summed E-state index contributed by atoms with van der Waals surface area (Å²) in [5.74, 6) is 0.881. The van der Waals surface area contributed by atoms with Crippen LogP contribution >= 0.6 is 0 Å². The van der Waals surface area contributed by atoms with Crippen molar-refractivity contribution in [1.29, 1.82) is 0 Å². The van der Waals surface area contributed by atoms with Crippen LogP contribution in [0.3, 0.4) is 0 Å². The fraction of sp³-hybridized carbons (Fsp3) is 0.938. The molecule has 0 radical (unpaired) electrons. The number of hydrogen-bond donors (Lipinski definition) is 1. The quantitative estimate of drug-likeness (QED) is 0.858. The third-order valence-electron chi connectivity index (χ3n) is 5.57. The molecule has 0 spiro atoms. The molecule has 3 fully saturated rings. The number of carbonyl (C=O) groups excluding carboxylic acids is 1. The second-order valence-electron chi connectivity index (χ2n) is 7.02. The van der Waals surface area contributed by atoms with Crippen LogP contribution in [0.4, 0.5) is 4.79 Å². The monoisotopic (exact) mass is 279 g/mol. The fourth-order valence-corrected chi connectivity index (χ4v) is 3.84. The summed E-state index contributed by atoms with van der Waals surface area (Å²) in [6, 6.07) is 1.84. The minimum Gasteiger partial charge on any atom is -0.335 e. The molecule has 3 aliphatic rings. The van der Waals surface area contributed by atoms with Gasteiger partial charge < -0.3 is 10.2 Å². The molecule has 1 aliphatic carbocycles. The van der Waals surface area contributed by atoms with Crippen molar-refractivity contribution in [2.45, 2.75) is 70.0 Å². The highest BCUT2D eigenvalue weighted by molar-refractivity contribution is 5.74. The van der Waals surface area contributed by atoms with Crippen LogP contribution in [0.5, 0.6) is 0 Å². The molecule has 3 rings (SSSR count). The molecule has 1 N–H and O–H groups in total. The zero-order valence-electron chi connectivity index (χ0n) is 13.0. The Labute approximate surface area is 122 Å². The van der Waals surface area contributed by atoms with Crippen molar-refractivity contribution in [2.75, 3.05) is 20.1 Å². The summed E-state index contributed by atoms with van der Waals surface area (Å²) < 4.78 is 0. The first-order valence-corrected chi connectivity index (χ1v) is 8.44. The van der Waals surface area contributed by atoms with E-state index in [1.165, 1.54) is 32.1 Å². The zero-order valence-corrected chi connectivity index (χ0v) is 13.0. The van der Waals surface area contributed by atoms with Gasteiger partial charge in [-0.05, 0) is 45.1 Å². The SMILES string of the molecule is CC[C@@H](CC1CC1)NC(=O)N1CC[C@H]2CC[C@@H](C1)N2C. The van der Waals surface area contributed by atoms with Gasteiger partial charge in [-0.1, -0.05) is 19.8 Å². The summed E-state index contributed by atoms with van der Waals surface area (Å²) in [6.45, 7) is 4.03. The fourth-order valence-electron chi connectivity index (χ4n) is 3.84. The van der Waals surface area contributed by atoms with Crippen molar-refractivity contribution in [2.24, 2.45) is 5.92 Å². The Balaban J connectivity index is 1.53. The molecule has 2 saturated heterocycles. The lowest BCUT2D eigenvalue weighted by atomic mass is 10.1. The lowest BCUT2D eigenvalue weighted by molar-refractivity contribution is 0.183. The van der Waals surface area contributed by atoms with E-state index >= 15 is 0 Å². The van der Waals surface area contributed by atoms with Gasteiger partial charge in [0.1, 0.15) is 0 Å². The van der Waals surface area contributed by atoms with Gasteiger partial charge in [-0.2, -0.15) is 0 Å². The smallest absolute Gasteiger partial charge is 0.317 e. The number of nitrogens with zero attached hydrogens (tertiary/aromatic N) is 2. The highest BCUT2D eigenvalue weighted by atomic mass is 16.2. The van der Waals surface area contributed by atoms with Gasteiger partial charge in [0.25, 0.3) is 0 Å². The molecular formula is C16H29N3O. The Morgan fingerprint density at radius 3 is 2.65 bits per heavy atom. The average Bonchev–Trinajstić information content (AvgIpc) is 3.17. The van der Waals surface area contributed by atoms with Crippen molar-refractivity contribution in [3.8, 4) is 0 Å². The number of hydrogen-bond acceptors (Lipinski definition) is 2. The summed E-state index contributed by atoms with van der Waals surface area (Å²) in [6.07, 6.45) is 8.68. The van der Waals surface area contributed by atoms with Crippen LogP contribution in [0.1, 0.15) is 51.9 Å². The summed E-state index contributed by atoms with van der Waals surface area (Å²) in [7, 11) is 2.23. The molecular weight excluding hydrogens is 250 g/mol. The second-order valence-corrected chi connectivity index (χ2v) is 7.02. The van der Waals surface area contributed by atoms with Gasteiger partial charge in [-0.15, -0.1) is 0 Å². The normalized spacial score (nSPS) is 32.0. The molecule has 0 unspecified atom stereocenters.